The minimum Gasteiger partial charge on any atom is -0.378 e. The second kappa shape index (κ2) is 8.42. The highest BCUT2D eigenvalue weighted by Crippen LogP contribution is 2.41. The van der Waals surface area contributed by atoms with Gasteiger partial charge in [0, 0.05) is 43.3 Å². The largest absolute Gasteiger partial charge is 0.378 e. The molecule has 0 radical (unpaired) electrons. The second-order valence-corrected chi connectivity index (χ2v) is 6.66. The van der Waals surface area contributed by atoms with Crippen LogP contribution in [0.3, 0.4) is 0 Å². The molecule has 160 valence electrons. The van der Waals surface area contributed by atoms with Crippen LogP contribution < -0.4 is 9.80 Å². The maximum atomic E-state index is 14.8. The number of non-ortho nitro benzene ring substituents is 1. The third kappa shape index (κ3) is 3.91. The van der Waals surface area contributed by atoms with Crippen LogP contribution in [0.5, 0.6) is 0 Å². The van der Waals surface area contributed by atoms with Gasteiger partial charge in [-0.1, -0.05) is 0 Å². The molecule has 0 spiro atoms. The molecule has 0 aliphatic rings. The van der Waals surface area contributed by atoms with Crippen LogP contribution in [0.2, 0.25) is 0 Å². The van der Waals surface area contributed by atoms with E-state index in [2.05, 4.69) is 0 Å². The Morgan fingerprint density at radius 1 is 0.774 bits per heavy atom. The molecule has 0 N–H and O–H groups in total. The molecule has 0 aromatic heterocycles. The molecule has 0 saturated heterocycles. The zero-order valence-electron chi connectivity index (χ0n) is 16.3. The summed E-state index contributed by atoms with van der Waals surface area (Å²) in [6.07, 6.45) is -0.317. The van der Waals surface area contributed by atoms with E-state index in [1.165, 1.54) is 24.3 Å². The van der Waals surface area contributed by atoms with Gasteiger partial charge in [0.25, 0.3) is 5.69 Å². The lowest BCUT2D eigenvalue weighted by Gasteiger charge is -2.27. The number of aldehydes is 1. The van der Waals surface area contributed by atoms with Crippen LogP contribution >= 0.6 is 0 Å². The van der Waals surface area contributed by atoms with E-state index in [-0.39, 0.29) is 23.3 Å². The minimum absolute atomic E-state index is 0.00124. The van der Waals surface area contributed by atoms with Crippen LogP contribution in [0.4, 0.5) is 46.0 Å². The maximum absolute atomic E-state index is 14.8. The van der Waals surface area contributed by atoms with Crippen LogP contribution in [0, 0.1) is 33.4 Å². The van der Waals surface area contributed by atoms with Crippen molar-refractivity contribution in [3.63, 3.8) is 0 Å². The van der Waals surface area contributed by atoms with Crippen LogP contribution in [-0.4, -0.2) is 25.3 Å². The number of halogens is 4. The summed E-state index contributed by atoms with van der Waals surface area (Å²) in [5, 5.41) is 10.9. The third-order valence-electron chi connectivity index (χ3n) is 4.56. The van der Waals surface area contributed by atoms with E-state index >= 15 is 0 Å². The molecule has 0 amide bonds. The summed E-state index contributed by atoms with van der Waals surface area (Å²) < 4.78 is 58.3. The van der Waals surface area contributed by atoms with Crippen LogP contribution in [0.1, 0.15) is 10.4 Å². The standard InChI is InChI=1S/C21H15F4N3O3/c1-26(2)12-3-5-13(6-4-12)27(14-7-9-15(10-8-14)28(30)31)21-19(24)17(22)16(11-29)18(23)20(21)25/h3-11H,1-2H3. The van der Waals surface area contributed by atoms with Crippen LogP contribution in [-0.2, 0) is 0 Å². The molecule has 0 aliphatic carbocycles. The Morgan fingerprint density at radius 3 is 1.58 bits per heavy atom. The third-order valence-corrected chi connectivity index (χ3v) is 4.56. The first-order chi connectivity index (χ1) is 14.7. The van der Waals surface area contributed by atoms with Crippen molar-refractivity contribution in [3.05, 3.63) is 87.5 Å². The molecule has 3 rings (SSSR count). The Hall–Kier alpha value is -3.95. The first-order valence-electron chi connectivity index (χ1n) is 8.80. The van der Waals surface area contributed by atoms with Gasteiger partial charge in [0.1, 0.15) is 5.69 Å². The van der Waals surface area contributed by atoms with Gasteiger partial charge in [-0.05, 0) is 36.4 Å². The van der Waals surface area contributed by atoms with E-state index < -0.39 is 39.4 Å². The number of benzene rings is 3. The molecule has 0 atom stereocenters. The summed E-state index contributed by atoms with van der Waals surface area (Å²) in [5.41, 5.74) is -1.91. The first kappa shape index (κ1) is 21.8. The summed E-state index contributed by atoms with van der Waals surface area (Å²) in [4.78, 5) is 23.8. The van der Waals surface area contributed by atoms with Gasteiger partial charge < -0.3 is 9.80 Å². The number of nitro benzene ring substituents is 1. The van der Waals surface area contributed by atoms with Crippen LogP contribution in [0.25, 0.3) is 0 Å². The number of carbonyl (C=O) groups is 1. The number of anilines is 4. The summed E-state index contributed by atoms with van der Waals surface area (Å²) in [5.74, 6) is -7.26. The van der Waals surface area contributed by atoms with Crippen molar-refractivity contribution in [2.75, 3.05) is 23.9 Å². The molecule has 0 heterocycles. The zero-order chi connectivity index (χ0) is 22.9. The Bertz CT molecular complexity index is 1120. The number of rotatable bonds is 6. The van der Waals surface area contributed by atoms with E-state index in [9.17, 15) is 32.5 Å². The Morgan fingerprint density at radius 2 is 1.19 bits per heavy atom. The second-order valence-electron chi connectivity index (χ2n) is 6.66. The number of carbonyl (C=O) groups excluding carboxylic acids is 1. The predicted molar refractivity (Wildman–Crippen MR) is 107 cm³/mol. The minimum atomic E-state index is -1.85. The molecule has 0 aliphatic heterocycles. The van der Waals surface area contributed by atoms with E-state index in [0.29, 0.717) is 0 Å². The average molecular weight is 433 g/mol. The van der Waals surface area contributed by atoms with E-state index in [0.717, 1.165) is 22.7 Å². The fraction of sp³-hybridized carbons (Fsp3) is 0.0952. The summed E-state index contributed by atoms with van der Waals surface area (Å²) in [6, 6.07) is 10.7. The topological polar surface area (TPSA) is 66.7 Å². The van der Waals surface area contributed by atoms with Crippen molar-refractivity contribution >= 4 is 34.7 Å². The molecule has 3 aromatic carbocycles. The van der Waals surface area contributed by atoms with E-state index in [1.54, 1.807) is 31.1 Å². The number of hydrogen-bond acceptors (Lipinski definition) is 5. The highest BCUT2D eigenvalue weighted by Gasteiger charge is 2.30. The quantitative estimate of drug-likeness (QED) is 0.169. The first-order valence-corrected chi connectivity index (χ1v) is 8.80. The van der Waals surface area contributed by atoms with Crippen molar-refractivity contribution in [2.45, 2.75) is 0 Å². The summed E-state index contributed by atoms with van der Waals surface area (Å²) >= 11 is 0. The molecule has 6 nitrogen and oxygen atoms in total. The molecule has 31 heavy (non-hydrogen) atoms. The number of nitrogens with zero attached hydrogens (tertiary/aromatic N) is 3. The fourth-order valence-corrected chi connectivity index (χ4v) is 2.97. The van der Waals surface area contributed by atoms with Crippen LogP contribution in [0.15, 0.2) is 48.5 Å². The number of nitro groups is 1. The van der Waals surface area contributed by atoms with E-state index in [1.807, 2.05) is 0 Å². The molecular formula is C21H15F4N3O3. The lowest BCUT2D eigenvalue weighted by molar-refractivity contribution is -0.384. The van der Waals surface area contributed by atoms with Crippen molar-refractivity contribution in [1.82, 2.24) is 0 Å². The molecule has 10 heteroatoms. The van der Waals surface area contributed by atoms with Gasteiger partial charge >= 0.3 is 0 Å². The SMILES string of the molecule is CN(C)c1ccc(N(c2ccc([N+](=O)[O-])cc2)c2c(F)c(F)c(C=O)c(F)c2F)cc1. The van der Waals surface area contributed by atoms with Gasteiger partial charge in [-0.25, -0.2) is 17.6 Å². The van der Waals surface area contributed by atoms with Crippen molar-refractivity contribution in [2.24, 2.45) is 0 Å². The fourth-order valence-electron chi connectivity index (χ4n) is 2.97. The maximum Gasteiger partial charge on any atom is 0.269 e. The Labute approximate surface area is 174 Å². The van der Waals surface area contributed by atoms with Gasteiger partial charge in [-0.15, -0.1) is 0 Å². The monoisotopic (exact) mass is 433 g/mol. The average Bonchev–Trinajstić information content (AvgIpc) is 2.76. The highest BCUT2D eigenvalue weighted by molar-refractivity contribution is 5.82. The predicted octanol–water partition coefficient (Wildman–Crippen LogP) is 5.50. The highest BCUT2D eigenvalue weighted by atomic mass is 19.2. The van der Waals surface area contributed by atoms with Gasteiger partial charge in [0.2, 0.25) is 0 Å². The molecule has 0 fully saturated rings. The summed E-state index contributed by atoms with van der Waals surface area (Å²) in [6.45, 7) is 0. The molecule has 0 bridgehead atoms. The lowest BCUT2D eigenvalue weighted by Crippen LogP contribution is -2.17. The molecule has 3 aromatic rings. The van der Waals surface area contributed by atoms with Crippen molar-refractivity contribution < 1.29 is 27.3 Å². The smallest absolute Gasteiger partial charge is 0.269 e. The number of hydrogen-bond donors (Lipinski definition) is 0. The van der Waals surface area contributed by atoms with Gasteiger partial charge in [0.05, 0.1) is 10.5 Å². The molecule has 0 saturated carbocycles. The van der Waals surface area contributed by atoms with Gasteiger partial charge in [-0.3, -0.25) is 14.9 Å². The van der Waals surface area contributed by atoms with Gasteiger partial charge in [-0.2, -0.15) is 0 Å². The normalized spacial score (nSPS) is 10.6. The van der Waals surface area contributed by atoms with Crippen molar-refractivity contribution in [1.29, 1.82) is 0 Å². The molecular weight excluding hydrogens is 418 g/mol. The lowest BCUT2D eigenvalue weighted by atomic mass is 10.1. The van der Waals surface area contributed by atoms with E-state index in [4.69, 9.17) is 0 Å². The van der Waals surface area contributed by atoms with Gasteiger partial charge in [0.15, 0.2) is 29.6 Å². The molecule has 0 unspecified atom stereocenters. The summed E-state index contributed by atoms with van der Waals surface area (Å²) in [7, 11) is 3.54. The Balaban J connectivity index is 2.29. The zero-order valence-corrected chi connectivity index (χ0v) is 16.3. The Kier molecular flexibility index (Phi) is 5.91. The van der Waals surface area contributed by atoms with Crippen molar-refractivity contribution in [3.8, 4) is 0 Å².